The Morgan fingerprint density at radius 2 is 1.76 bits per heavy atom. The summed E-state index contributed by atoms with van der Waals surface area (Å²) in [6, 6.07) is 22.9. The molecule has 0 atom stereocenters. The minimum atomic E-state index is 0.367. The maximum absolute atomic E-state index is 6.16. The van der Waals surface area contributed by atoms with Crippen LogP contribution in [0.3, 0.4) is 0 Å². The van der Waals surface area contributed by atoms with E-state index in [4.69, 9.17) is 40.2 Å². The summed E-state index contributed by atoms with van der Waals surface area (Å²) in [7, 11) is 0. The normalized spacial score (nSPS) is 10.7. The van der Waals surface area contributed by atoms with E-state index in [2.05, 4.69) is 15.8 Å². The van der Waals surface area contributed by atoms with E-state index in [1.807, 2.05) is 60.7 Å². The lowest BCUT2D eigenvalue weighted by molar-refractivity contribution is 0.306. The first-order valence-electron chi connectivity index (χ1n) is 8.88. The van der Waals surface area contributed by atoms with E-state index in [0.29, 0.717) is 28.3 Å². The van der Waals surface area contributed by atoms with Crippen molar-refractivity contribution in [1.29, 1.82) is 0 Å². The van der Waals surface area contributed by atoms with Crippen molar-refractivity contribution < 1.29 is 4.74 Å². The summed E-state index contributed by atoms with van der Waals surface area (Å²) in [4.78, 5) is 0. The van der Waals surface area contributed by atoms with Gasteiger partial charge in [-0.15, -0.1) is 0 Å². The molecule has 0 aromatic heterocycles. The third kappa shape index (κ3) is 7.06. The minimum Gasteiger partial charge on any atom is -0.489 e. The highest BCUT2D eigenvalue weighted by molar-refractivity contribution is 7.80. The number of hydrogen-bond acceptors (Lipinski definition) is 3. The predicted molar refractivity (Wildman–Crippen MR) is 124 cm³/mol. The van der Waals surface area contributed by atoms with E-state index in [1.54, 1.807) is 18.3 Å². The van der Waals surface area contributed by atoms with Crippen LogP contribution in [-0.2, 0) is 13.2 Å². The van der Waals surface area contributed by atoms with Crippen LogP contribution in [0.1, 0.15) is 16.7 Å². The minimum absolute atomic E-state index is 0.367. The number of nitrogens with one attached hydrogen (secondary N) is 2. The molecule has 0 saturated heterocycles. The zero-order chi connectivity index (χ0) is 20.5. The van der Waals surface area contributed by atoms with Crippen molar-refractivity contribution in [3.63, 3.8) is 0 Å². The molecule has 0 aliphatic carbocycles. The zero-order valence-electron chi connectivity index (χ0n) is 15.4. The fourth-order valence-electron chi connectivity index (χ4n) is 2.43. The van der Waals surface area contributed by atoms with Crippen molar-refractivity contribution in [2.45, 2.75) is 13.2 Å². The van der Waals surface area contributed by atoms with Gasteiger partial charge in [-0.1, -0.05) is 59.6 Å². The fourth-order valence-corrected chi connectivity index (χ4v) is 3.02. The molecule has 0 saturated carbocycles. The second-order valence-electron chi connectivity index (χ2n) is 6.13. The van der Waals surface area contributed by atoms with Crippen LogP contribution < -0.4 is 15.5 Å². The van der Waals surface area contributed by atoms with Crippen molar-refractivity contribution in [1.82, 2.24) is 10.7 Å². The molecule has 0 spiro atoms. The molecule has 3 aromatic rings. The zero-order valence-corrected chi connectivity index (χ0v) is 17.8. The Bertz CT molecular complexity index is 979. The second kappa shape index (κ2) is 10.8. The summed E-state index contributed by atoms with van der Waals surface area (Å²) >= 11 is 17.3. The van der Waals surface area contributed by atoms with E-state index in [0.717, 1.165) is 22.4 Å². The first-order valence-corrected chi connectivity index (χ1v) is 10.0. The molecule has 0 aliphatic heterocycles. The van der Waals surface area contributed by atoms with Gasteiger partial charge in [0.2, 0.25) is 0 Å². The maximum Gasteiger partial charge on any atom is 0.187 e. The molecule has 0 unspecified atom stereocenters. The molecule has 148 valence electrons. The van der Waals surface area contributed by atoms with Crippen molar-refractivity contribution in [3.05, 3.63) is 99.5 Å². The lowest BCUT2D eigenvalue weighted by atomic mass is 10.2. The fraction of sp³-hybridized carbons (Fsp3) is 0.0909. The monoisotopic (exact) mass is 443 g/mol. The first-order chi connectivity index (χ1) is 14.1. The van der Waals surface area contributed by atoms with E-state index in [1.165, 1.54) is 0 Å². The van der Waals surface area contributed by atoms with E-state index < -0.39 is 0 Å². The molecule has 0 amide bonds. The topological polar surface area (TPSA) is 45.7 Å². The van der Waals surface area contributed by atoms with Crippen LogP contribution in [0.5, 0.6) is 5.75 Å². The lowest BCUT2D eigenvalue weighted by Crippen LogP contribution is -2.31. The summed E-state index contributed by atoms with van der Waals surface area (Å²) in [5, 5.41) is 8.90. The lowest BCUT2D eigenvalue weighted by Gasteiger charge is -2.08. The highest BCUT2D eigenvalue weighted by Crippen LogP contribution is 2.22. The summed E-state index contributed by atoms with van der Waals surface area (Å²) in [6.07, 6.45) is 1.69. The summed E-state index contributed by atoms with van der Waals surface area (Å²) in [5.74, 6) is 0.737. The molecule has 29 heavy (non-hydrogen) atoms. The van der Waals surface area contributed by atoms with E-state index in [-0.39, 0.29) is 0 Å². The van der Waals surface area contributed by atoms with Crippen LogP contribution in [-0.4, -0.2) is 11.3 Å². The Hall–Kier alpha value is -2.60. The molecule has 0 aliphatic rings. The van der Waals surface area contributed by atoms with Crippen molar-refractivity contribution >= 4 is 46.7 Å². The quantitative estimate of drug-likeness (QED) is 0.284. The van der Waals surface area contributed by atoms with Crippen LogP contribution in [0.15, 0.2) is 77.9 Å². The Labute approximate surface area is 185 Å². The van der Waals surface area contributed by atoms with Crippen molar-refractivity contribution in [2.75, 3.05) is 0 Å². The standard InChI is InChI=1S/C22H19Cl2N3OS/c23-19-9-8-18(21(24)12-19)15-28-20-10-6-17(7-11-20)14-26-27-22(29)25-13-16-4-2-1-3-5-16/h1-12,14H,13,15H2,(H2,25,27,29)/b26-14+. The number of hydrazone groups is 1. The molecule has 0 heterocycles. The second-order valence-corrected chi connectivity index (χ2v) is 7.38. The number of hydrogen-bond donors (Lipinski definition) is 2. The largest absolute Gasteiger partial charge is 0.489 e. The number of rotatable bonds is 7. The van der Waals surface area contributed by atoms with Gasteiger partial charge in [0.05, 0.1) is 6.21 Å². The average molecular weight is 444 g/mol. The van der Waals surface area contributed by atoms with Crippen LogP contribution >= 0.6 is 35.4 Å². The number of thiocarbonyl (C=S) groups is 1. The third-order valence-electron chi connectivity index (χ3n) is 3.97. The smallest absolute Gasteiger partial charge is 0.187 e. The molecule has 0 bridgehead atoms. The molecule has 0 fully saturated rings. The first kappa shape index (κ1) is 21.1. The maximum atomic E-state index is 6.16. The molecule has 4 nitrogen and oxygen atoms in total. The molecular formula is C22H19Cl2N3OS. The summed E-state index contributed by atoms with van der Waals surface area (Å²) in [6.45, 7) is 1.01. The van der Waals surface area contributed by atoms with Crippen LogP contribution in [0, 0.1) is 0 Å². The SMILES string of the molecule is S=C(NCc1ccccc1)N/N=C/c1ccc(OCc2ccc(Cl)cc2Cl)cc1. The molecular weight excluding hydrogens is 425 g/mol. The predicted octanol–water partition coefficient (Wildman–Crippen LogP) is 5.57. The highest BCUT2D eigenvalue weighted by atomic mass is 35.5. The van der Waals surface area contributed by atoms with Gasteiger partial charge in [-0.3, -0.25) is 5.43 Å². The number of ether oxygens (including phenoxy) is 1. The third-order valence-corrected chi connectivity index (χ3v) is 4.79. The Morgan fingerprint density at radius 3 is 2.48 bits per heavy atom. The highest BCUT2D eigenvalue weighted by Gasteiger charge is 2.03. The Balaban J connectivity index is 1.44. The number of halogens is 2. The van der Waals surface area contributed by atoms with E-state index in [9.17, 15) is 0 Å². The van der Waals surface area contributed by atoms with Gasteiger partial charge in [-0.05, 0) is 59.7 Å². The van der Waals surface area contributed by atoms with Crippen molar-refractivity contribution in [2.24, 2.45) is 5.10 Å². The molecule has 2 N–H and O–H groups in total. The van der Waals surface area contributed by atoms with Gasteiger partial charge in [0.15, 0.2) is 5.11 Å². The van der Waals surface area contributed by atoms with Crippen LogP contribution in [0.25, 0.3) is 0 Å². The van der Waals surface area contributed by atoms with Gasteiger partial charge in [0.1, 0.15) is 12.4 Å². The van der Waals surface area contributed by atoms with Gasteiger partial charge < -0.3 is 10.1 Å². The number of benzene rings is 3. The van der Waals surface area contributed by atoms with E-state index >= 15 is 0 Å². The summed E-state index contributed by atoms with van der Waals surface area (Å²) < 4.78 is 5.77. The Kier molecular flexibility index (Phi) is 7.87. The van der Waals surface area contributed by atoms with Gasteiger partial charge >= 0.3 is 0 Å². The number of nitrogens with zero attached hydrogens (tertiary/aromatic N) is 1. The van der Waals surface area contributed by atoms with Crippen LogP contribution in [0.4, 0.5) is 0 Å². The molecule has 3 rings (SSSR count). The summed E-state index contributed by atoms with van der Waals surface area (Å²) in [5.41, 5.74) is 5.75. The van der Waals surface area contributed by atoms with Gasteiger partial charge in [0, 0.05) is 22.2 Å². The van der Waals surface area contributed by atoms with Gasteiger partial charge in [-0.25, -0.2) is 0 Å². The van der Waals surface area contributed by atoms with Crippen LogP contribution in [0.2, 0.25) is 10.0 Å². The molecule has 7 heteroatoms. The van der Waals surface area contributed by atoms with Gasteiger partial charge in [-0.2, -0.15) is 5.10 Å². The molecule has 3 aromatic carbocycles. The molecule has 0 radical (unpaired) electrons. The Morgan fingerprint density at radius 1 is 1.00 bits per heavy atom. The van der Waals surface area contributed by atoms with Gasteiger partial charge in [0.25, 0.3) is 0 Å². The average Bonchev–Trinajstić information content (AvgIpc) is 2.73. The van der Waals surface area contributed by atoms with Crippen molar-refractivity contribution in [3.8, 4) is 5.75 Å².